The van der Waals surface area contributed by atoms with E-state index in [2.05, 4.69) is 5.10 Å². The number of alkyl halides is 2. The fourth-order valence-corrected chi connectivity index (χ4v) is 1.94. The third-order valence-electron chi connectivity index (χ3n) is 2.06. The standard InChI is InChI=1S/C7H11F2N3O2S/c1-4-6(5(2)11(3)10-4)12(7(8)9)15(13)14/h7,15H,1-3H3. The first kappa shape index (κ1) is 11.9. The van der Waals surface area contributed by atoms with Crippen molar-refractivity contribution in [3.05, 3.63) is 11.4 Å². The second-order valence-corrected chi connectivity index (χ2v) is 3.91. The molecule has 0 aromatic carbocycles. The molecule has 0 N–H and O–H groups in total. The maximum Gasteiger partial charge on any atom is 0.327 e. The van der Waals surface area contributed by atoms with E-state index in [1.807, 2.05) is 0 Å². The molecule has 1 heterocycles. The number of nitrogens with zero attached hydrogens (tertiary/aromatic N) is 3. The molecule has 8 heteroatoms. The van der Waals surface area contributed by atoms with Crippen molar-refractivity contribution < 1.29 is 17.2 Å². The Bertz CT molecular complexity index is 434. The van der Waals surface area contributed by atoms with E-state index in [1.165, 1.54) is 18.5 Å². The van der Waals surface area contributed by atoms with E-state index < -0.39 is 17.4 Å². The quantitative estimate of drug-likeness (QED) is 0.620. The van der Waals surface area contributed by atoms with Gasteiger partial charge < -0.3 is 0 Å². The molecule has 0 aliphatic heterocycles. The summed E-state index contributed by atoms with van der Waals surface area (Å²) in [5, 5.41) is 3.87. The highest BCUT2D eigenvalue weighted by Gasteiger charge is 2.25. The van der Waals surface area contributed by atoms with E-state index in [1.54, 1.807) is 7.05 Å². The Morgan fingerprint density at radius 2 is 1.93 bits per heavy atom. The molecule has 0 saturated heterocycles. The number of hydrogen-bond acceptors (Lipinski definition) is 3. The number of aromatic nitrogens is 2. The van der Waals surface area contributed by atoms with Crippen LogP contribution in [-0.2, 0) is 17.9 Å². The topological polar surface area (TPSA) is 55.2 Å². The molecule has 1 rings (SSSR count). The maximum atomic E-state index is 12.5. The average Bonchev–Trinajstić information content (AvgIpc) is 2.31. The van der Waals surface area contributed by atoms with Crippen LogP contribution in [-0.4, -0.2) is 24.7 Å². The smallest absolute Gasteiger partial charge is 0.270 e. The Hall–Kier alpha value is -1.18. The zero-order valence-electron chi connectivity index (χ0n) is 8.44. The zero-order valence-corrected chi connectivity index (χ0v) is 9.33. The summed E-state index contributed by atoms with van der Waals surface area (Å²) in [7, 11) is -1.81. The normalized spacial score (nSPS) is 11.4. The van der Waals surface area contributed by atoms with Crippen molar-refractivity contribution in [2.75, 3.05) is 4.31 Å². The van der Waals surface area contributed by atoms with Gasteiger partial charge in [-0.3, -0.25) is 4.68 Å². The molecular formula is C7H11F2N3O2S. The minimum atomic E-state index is -3.37. The van der Waals surface area contributed by atoms with Gasteiger partial charge in [0.2, 0.25) is 10.9 Å². The van der Waals surface area contributed by atoms with Gasteiger partial charge in [0.15, 0.2) is 0 Å². The highest BCUT2D eigenvalue weighted by Crippen LogP contribution is 2.26. The van der Waals surface area contributed by atoms with E-state index in [0.29, 0.717) is 5.69 Å². The molecule has 0 radical (unpaired) electrons. The average molecular weight is 239 g/mol. The first-order chi connectivity index (χ1) is 6.86. The summed E-state index contributed by atoms with van der Waals surface area (Å²) in [6.07, 6.45) is 0. The maximum absolute atomic E-state index is 12.5. The summed E-state index contributed by atoms with van der Waals surface area (Å²) in [4.78, 5) is 0. The van der Waals surface area contributed by atoms with Gasteiger partial charge in [-0.05, 0) is 13.8 Å². The minimum Gasteiger partial charge on any atom is -0.270 e. The van der Waals surface area contributed by atoms with Crippen LogP contribution in [0, 0.1) is 13.8 Å². The van der Waals surface area contributed by atoms with E-state index in [9.17, 15) is 17.2 Å². The van der Waals surface area contributed by atoms with Crippen molar-refractivity contribution in [1.29, 1.82) is 0 Å². The van der Waals surface area contributed by atoms with Crippen molar-refractivity contribution in [2.45, 2.75) is 20.4 Å². The highest BCUT2D eigenvalue weighted by atomic mass is 32.2. The lowest BCUT2D eigenvalue weighted by molar-refractivity contribution is 0.162. The SMILES string of the molecule is Cc1nn(C)c(C)c1N(C(F)F)[SH](=O)=O. The lowest BCUT2D eigenvalue weighted by atomic mass is 10.3. The van der Waals surface area contributed by atoms with Gasteiger partial charge in [-0.15, -0.1) is 0 Å². The first-order valence-corrected chi connectivity index (χ1v) is 5.21. The van der Waals surface area contributed by atoms with Crippen LogP contribution in [0.15, 0.2) is 0 Å². The van der Waals surface area contributed by atoms with Gasteiger partial charge in [-0.1, -0.05) is 0 Å². The Kier molecular flexibility index (Phi) is 3.28. The van der Waals surface area contributed by atoms with Gasteiger partial charge >= 0.3 is 6.55 Å². The Labute approximate surface area is 87.4 Å². The summed E-state index contributed by atoms with van der Waals surface area (Å²) < 4.78 is 47.8. The zero-order chi connectivity index (χ0) is 11.7. The summed E-state index contributed by atoms with van der Waals surface area (Å²) >= 11 is 0. The van der Waals surface area contributed by atoms with Crippen LogP contribution in [0.5, 0.6) is 0 Å². The lowest BCUT2D eigenvalue weighted by Gasteiger charge is -2.16. The molecule has 0 spiro atoms. The molecule has 15 heavy (non-hydrogen) atoms. The predicted octanol–water partition coefficient (Wildman–Crippen LogP) is 0.592. The molecule has 86 valence electrons. The first-order valence-electron chi connectivity index (χ1n) is 4.08. The molecule has 0 aliphatic carbocycles. The summed E-state index contributed by atoms with van der Waals surface area (Å²) in [5.74, 6) is 0. The largest absolute Gasteiger partial charge is 0.327 e. The number of thiol groups is 1. The summed E-state index contributed by atoms with van der Waals surface area (Å²) in [6, 6.07) is 0. The molecule has 1 aromatic rings. The van der Waals surface area contributed by atoms with Gasteiger partial charge in [0, 0.05) is 7.05 Å². The van der Waals surface area contributed by atoms with Crippen LogP contribution in [0.25, 0.3) is 0 Å². The number of anilines is 1. The number of aryl methyl sites for hydroxylation is 2. The fourth-order valence-electron chi connectivity index (χ4n) is 1.34. The monoisotopic (exact) mass is 239 g/mol. The van der Waals surface area contributed by atoms with E-state index in [0.717, 1.165) is 0 Å². The van der Waals surface area contributed by atoms with Gasteiger partial charge in [0.05, 0.1) is 11.4 Å². The second-order valence-electron chi connectivity index (χ2n) is 3.00. The second kappa shape index (κ2) is 4.13. The molecular weight excluding hydrogens is 228 g/mol. The van der Waals surface area contributed by atoms with Crippen molar-refractivity contribution in [3.8, 4) is 0 Å². The van der Waals surface area contributed by atoms with Gasteiger partial charge in [0.25, 0.3) is 0 Å². The van der Waals surface area contributed by atoms with Crippen molar-refractivity contribution in [3.63, 3.8) is 0 Å². The number of halogens is 2. The number of rotatable bonds is 3. The van der Waals surface area contributed by atoms with Crippen molar-refractivity contribution >= 4 is 16.6 Å². The van der Waals surface area contributed by atoms with Crippen LogP contribution in [0.3, 0.4) is 0 Å². The van der Waals surface area contributed by atoms with E-state index in [4.69, 9.17) is 0 Å². The molecule has 0 saturated carbocycles. The van der Waals surface area contributed by atoms with Crippen LogP contribution < -0.4 is 4.31 Å². The molecule has 0 aliphatic rings. The van der Waals surface area contributed by atoms with Crippen LogP contribution in [0.1, 0.15) is 11.4 Å². The molecule has 1 aromatic heterocycles. The minimum absolute atomic E-state index is 0.0486. The third-order valence-corrected chi connectivity index (χ3v) is 2.79. The van der Waals surface area contributed by atoms with Crippen LogP contribution in [0.4, 0.5) is 14.5 Å². The summed E-state index contributed by atoms with van der Waals surface area (Å²) in [5.41, 5.74) is 0.588. The molecule has 5 nitrogen and oxygen atoms in total. The van der Waals surface area contributed by atoms with Gasteiger partial charge in [-0.2, -0.15) is 13.9 Å². The predicted molar refractivity (Wildman–Crippen MR) is 51.5 cm³/mol. The molecule has 0 bridgehead atoms. The van der Waals surface area contributed by atoms with Crippen LogP contribution >= 0.6 is 0 Å². The number of hydrogen-bond donors (Lipinski definition) is 1. The Morgan fingerprint density at radius 3 is 2.20 bits per heavy atom. The van der Waals surface area contributed by atoms with Crippen LogP contribution in [0.2, 0.25) is 0 Å². The molecule has 0 atom stereocenters. The third kappa shape index (κ3) is 2.09. The van der Waals surface area contributed by atoms with E-state index in [-0.39, 0.29) is 15.7 Å². The van der Waals surface area contributed by atoms with Crippen molar-refractivity contribution in [1.82, 2.24) is 9.78 Å². The highest BCUT2D eigenvalue weighted by molar-refractivity contribution is 7.74. The molecule has 0 unspecified atom stereocenters. The summed E-state index contributed by atoms with van der Waals surface area (Å²) in [6.45, 7) is -0.0761. The van der Waals surface area contributed by atoms with Gasteiger partial charge in [0.1, 0.15) is 5.69 Å². The Morgan fingerprint density at radius 1 is 1.40 bits per heavy atom. The fraction of sp³-hybridized carbons (Fsp3) is 0.571. The van der Waals surface area contributed by atoms with Gasteiger partial charge in [-0.25, -0.2) is 12.7 Å². The van der Waals surface area contributed by atoms with E-state index >= 15 is 0 Å². The Balaban J connectivity index is 3.35. The van der Waals surface area contributed by atoms with Crippen molar-refractivity contribution in [2.24, 2.45) is 7.05 Å². The lowest BCUT2D eigenvalue weighted by Crippen LogP contribution is -2.28. The molecule has 0 amide bonds. The molecule has 0 fully saturated rings.